The van der Waals surface area contributed by atoms with E-state index in [4.69, 9.17) is 11.6 Å². The maximum atomic E-state index is 12.3. The second-order valence-electron chi connectivity index (χ2n) is 5.56. The highest BCUT2D eigenvalue weighted by Crippen LogP contribution is 2.31. The molecule has 2 amide bonds. The van der Waals surface area contributed by atoms with Gasteiger partial charge >= 0.3 is 0 Å². The first-order valence-electron chi connectivity index (χ1n) is 7.34. The number of hydrogen-bond donors (Lipinski definition) is 2. The standard InChI is InChI=1S/C16H17ClN4O2/c1-9-14(16(23)18-2)20-15(19-9)10-6-13(22)21(8-10)12-5-3-4-11(17)7-12/h3-5,7,10H,6,8H2,1-2H3,(H,18,23)(H,19,20). The fraction of sp³-hybridized carbons (Fsp3) is 0.312. The SMILES string of the molecule is CNC(=O)c1nc(C2CC(=O)N(c3cccc(Cl)c3)C2)[nH]c1C. The van der Waals surface area contributed by atoms with Crippen molar-refractivity contribution in [2.75, 3.05) is 18.5 Å². The van der Waals surface area contributed by atoms with Gasteiger partial charge in [0.05, 0.1) is 0 Å². The van der Waals surface area contributed by atoms with Crippen LogP contribution in [-0.4, -0.2) is 35.4 Å². The van der Waals surface area contributed by atoms with Gasteiger partial charge in [-0.25, -0.2) is 4.98 Å². The zero-order valence-corrected chi connectivity index (χ0v) is 13.6. The zero-order valence-electron chi connectivity index (χ0n) is 12.9. The maximum absolute atomic E-state index is 12.3. The minimum Gasteiger partial charge on any atom is -0.354 e. The molecule has 1 aliphatic rings. The lowest BCUT2D eigenvalue weighted by molar-refractivity contribution is -0.117. The summed E-state index contributed by atoms with van der Waals surface area (Å²) in [4.78, 5) is 33.3. The molecular formula is C16H17ClN4O2. The number of carbonyl (C=O) groups is 2. The number of imidazole rings is 1. The highest BCUT2D eigenvalue weighted by Gasteiger charge is 2.34. The molecule has 2 heterocycles. The summed E-state index contributed by atoms with van der Waals surface area (Å²) in [6, 6.07) is 7.22. The molecule has 0 aliphatic carbocycles. The van der Waals surface area contributed by atoms with Gasteiger partial charge in [0, 0.05) is 42.3 Å². The first kappa shape index (κ1) is 15.6. The van der Waals surface area contributed by atoms with Crippen LogP contribution in [0.3, 0.4) is 0 Å². The van der Waals surface area contributed by atoms with E-state index in [0.29, 0.717) is 35.2 Å². The lowest BCUT2D eigenvalue weighted by Gasteiger charge is -2.16. The molecule has 120 valence electrons. The largest absolute Gasteiger partial charge is 0.354 e. The van der Waals surface area contributed by atoms with Crippen molar-refractivity contribution < 1.29 is 9.59 Å². The average Bonchev–Trinajstić information content (AvgIpc) is 3.09. The lowest BCUT2D eigenvalue weighted by Crippen LogP contribution is -2.24. The van der Waals surface area contributed by atoms with Crippen molar-refractivity contribution in [3.05, 3.63) is 46.5 Å². The third kappa shape index (κ3) is 2.94. The third-order valence-electron chi connectivity index (χ3n) is 3.98. The molecule has 3 rings (SSSR count). The van der Waals surface area contributed by atoms with E-state index in [-0.39, 0.29) is 17.7 Å². The van der Waals surface area contributed by atoms with E-state index in [1.165, 1.54) is 0 Å². The van der Waals surface area contributed by atoms with Crippen LogP contribution in [0.2, 0.25) is 5.02 Å². The monoisotopic (exact) mass is 332 g/mol. The number of anilines is 1. The molecule has 1 aromatic heterocycles. The van der Waals surface area contributed by atoms with Crippen molar-refractivity contribution in [3.8, 4) is 0 Å². The molecule has 7 heteroatoms. The van der Waals surface area contributed by atoms with E-state index >= 15 is 0 Å². The molecule has 2 N–H and O–H groups in total. The summed E-state index contributed by atoms with van der Waals surface area (Å²) in [5.74, 6) is 0.381. The number of carbonyl (C=O) groups excluding carboxylic acids is 2. The Bertz CT molecular complexity index is 771. The number of nitrogens with zero attached hydrogens (tertiary/aromatic N) is 2. The highest BCUT2D eigenvalue weighted by atomic mass is 35.5. The summed E-state index contributed by atoms with van der Waals surface area (Å²) in [6.07, 6.45) is 0.354. The van der Waals surface area contributed by atoms with Crippen LogP contribution in [0.25, 0.3) is 0 Å². The van der Waals surface area contributed by atoms with E-state index in [0.717, 1.165) is 5.69 Å². The van der Waals surface area contributed by atoms with Crippen LogP contribution in [0.1, 0.15) is 34.3 Å². The Morgan fingerprint density at radius 1 is 1.48 bits per heavy atom. The average molecular weight is 333 g/mol. The van der Waals surface area contributed by atoms with Gasteiger partial charge in [0.1, 0.15) is 11.5 Å². The molecule has 6 nitrogen and oxygen atoms in total. The van der Waals surface area contributed by atoms with Gasteiger partial charge in [0.25, 0.3) is 5.91 Å². The normalized spacial score (nSPS) is 17.6. The molecule has 1 saturated heterocycles. The Labute approximate surface area is 138 Å². The highest BCUT2D eigenvalue weighted by molar-refractivity contribution is 6.30. The molecule has 1 unspecified atom stereocenters. The molecule has 23 heavy (non-hydrogen) atoms. The fourth-order valence-electron chi connectivity index (χ4n) is 2.80. The van der Waals surface area contributed by atoms with Gasteiger partial charge in [-0.1, -0.05) is 17.7 Å². The summed E-state index contributed by atoms with van der Waals surface area (Å²) in [7, 11) is 1.57. The summed E-state index contributed by atoms with van der Waals surface area (Å²) >= 11 is 6.00. The van der Waals surface area contributed by atoms with Gasteiger partial charge in [0.2, 0.25) is 5.91 Å². The van der Waals surface area contributed by atoms with E-state index < -0.39 is 0 Å². The molecule has 2 aromatic rings. The summed E-state index contributed by atoms with van der Waals surface area (Å²) in [5.41, 5.74) is 1.85. The number of hydrogen-bond acceptors (Lipinski definition) is 3. The second-order valence-corrected chi connectivity index (χ2v) is 6.00. The molecule has 0 spiro atoms. The van der Waals surface area contributed by atoms with Crippen molar-refractivity contribution in [3.63, 3.8) is 0 Å². The van der Waals surface area contributed by atoms with Crippen molar-refractivity contribution >= 4 is 29.1 Å². The van der Waals surface area contributed by atoms with Crippen LogP contribution in [0.15, 0.2) is 24.3 Å². The smallest absolute Gasteiger partial charge is 0.271 e. The number of aromatic amines is 1. The molecule has 0 bridgehead atoms. The number of rotatable bonds is 3. The van der Waals surface area contributed by atoms with Crippen molar-refractivity contribution in [1.29, 1.82) is 0 Å². The van der Waals surface area contributed by atoms with Gasteiger partial charge in [-0.2, -0.15) is 0 Å². The molecule has 1 aromatic carbocycles. The molecular weight excluding hydrogens is 316 g/mol. The van der Waals surface area contributed by atoms with Gasteiger partial charge in [-0.05, 0) is 25.1 Å². The minimum atomic E-state index is -0.235. The lowest BCUT2D eigenvalue weighted by atomic mass is 10.1. The van der Waals surface area contributed by atoms with Crippen LogP contribution >= 0.6 is 11.6 Å². The molecule has 0 radical (unpaired) electrons. The zero-order chi connectivity index (χ0) is 16.6. The minimum absolute atomic E-state index is 0.0211. The van der Waals surface area contributed by atoms with Crippen molar-refractivity contribution in [1.82, 2.24) is 15.3 Å². The summed E-state index contributed by atoms with van der Waals surface area (Å²) in [6.45, 7) is 2.31. The molecule has 1 fully saturated rings. The molecule has 1 atom stereocenters. The number of H-pyrrole nitrogens is 1. The van der Waals surface area contributed by atoms with Crippen molar-refractivity contribution in [2.24, 2.45) is 0 Å². The molecule has 1 aliphatic heterocycles. The van der Waals surface area contributed by atoms with Crippen LogP contribution in [-0.2, 0) is 4.79 Å². The number of amides is 2. The van der Waals surface area contributed by atoms with Crippen LogP contribution in [0.4, 0.5) is 5.69 Å². The number of aromatic nitrogens is 2. The van der Waals surface area contributed by atoms with Crippen molar-refractivity contribution in [2.45, 2.75) is 19.3 Å². The van der Waals surface area contributed by atoms with Crippen LogP contribution in [0, 0.1) is 6.92 Å². The van der Waals surface area contributed by atoms with E-state index in [2.05, 4.69) is 15.3 Å². The van der Waals surface area contributed by atoms with Gasteiger partial charge in [-0.3, -0.25) is 9.59 Å². The first-order valence-corrected chi connectivity index (χ1v) is 7.72. The summed E-state index contributed by atoms with van der Waals surface area (Å²) in [5, 5.41) is 3.15. The number of benzene rings is 1. The number of aryl methyl sites for hydroxylation is 1. The number of nitrogens with one attached hydrogen (secondary N) is 2. The molecule has 0 saturated carbocycles. The third-order valence-corrected chi connectivity index (χ3v) is 4.21. The van der Waals surface area contributed by atoms with Crippen LogP contribution in [0.5, 0.6) is 0 Å². The second kappa shape index (κ2) is 6.04. The quantitative estimate of drug-likeness (QED) is 0.905. The topological polar surface area (TPSA) is 78.1 Å². The number of halogens is 1. The first-order chi connectivity index (χ1) is 11.0. The van der Waals surface area contributed by atoms with Gasteiger partial charge < -0.3 is 15.2 Å². The van der Waals surface area contributed by atoms with Gasteiger partial charge in [0.15, 0.2) is 0 Å². The van der Waals surface area contributed by atoms with E-state index in [1.54, 1.807) is 31.0 Å². The Kier molecular flexibility index (Phi) is 4.09. The maximum Gasteiger partial charge on any atom is 0.271 e. The Balaban J connectivity index is 1.84. The fourth-order valence-corrected chi connectivity index (χ4v) is 2.99. The van der Waals surface area contributed by atoms with Gasteiger partial charge in [-0.15, -0.1) is 0 Å². The Morgan fingerprint density at radius 2 is 2.26 bits per heavy atom. The van der Waals surface area contributed by atoms with E-state index in [1.807, 2.05) is 12.1 Å². The predicted molar refractivity (Wildman–Crippen MR) is 87.9 cm³/mol. The van der Waals surface area contributed by atoms with E-state index in [9.17, 15) is 9.59 Å². The Morgan fingerprint density at radius 3 is 2.96 bits per heavy atom. The Hall–Kier alpha value is -2.34. The van der Waals surface area contributed by atoms with Crippen LogP contribution < -0.4 is 10.2 Å². The predicted octanol–water partition coefficient (Wildman–Crippen LogP) is 2.25. The summed E-state index contributed by atoms with van der Waals surface area (Å²) < 4.78 is 0.